The first-order valence-electron chi connectivity index (χ1n) is 3.93. The summed E-state index contributed by atoms with van der Waals surface area (Å²) in [4.78, 5) is 0. The van der Waals surface area contributed by atoms with Crippen molar-refractivity contribution in [2.75, 3.05) is 0 Å². The lowest BCUT2D eigenvalue weighted by Crippen LogP contribution is -1.85. The normalized spacial score (nSPS) is 10.0. The van der Waals surface area contributed by atoms with Crippen LogP contribution in [0.25, 0.3) is 10.8 Å². The topological polar surface area (TPSA) is 9.23 Å². The maximum atomic E-state index is 5.37. The lowest BCUT2D eigenvalue weighted by atomic mass is 10.1. The molecule has 58 valence electrons. The van der Waals surface area contributed by atoms with Crippen LogP contribution in [0.3, 0.4) is 0 Å². The van der Waals surface area contributed by atoms with Crippen molar-refractivity contribution >= 4 is 27.4 Å². The molecule has 1 nitrogen and oxygen atoms in total. The molecule has 0 fully saturated rings. The number of hydrogen-bond donors (Lipinski definition) is 0. The van der Waals surface area contributed by atoms with Crippen molar-refractivity contribution in [1.29, 1.82) is 0 Å². The average molecular weight is 172 g/mol. The molecule has 2 heteroatoms. The van der Waals surface area contributed by atoms with Gasteiger partial charge in [0.05, 0.1) is 5.75 Å². The lowest BCUT2D eigenvalue weighted by molar-refractivity contribution is 0.624. The first kappa shape index (κ1) is 7.67. The van der Waals surface area contributed by atoms with Crippen molar-refractivity contribution in [2.45, 2.75) is 0 Å². The van der Waals surface area contributed by atoms with E-state index in [0.717, 1.165) is 22.4 Å². The summed E-state index contributed by atoms with van der Waals surface area (Å²) in [6.07, 6.45) is 0. The lowest BCUT2D eigenvalue weighted by Gasteiger charge is -2.05. The second-order valence-electron chi connectivity index (χ2n) is 2.68. The van der Waals surface area contributed by atoms with E-state index in [1.165, 1.54) is 10.8 Å². The van der Waals surface area contributed by atoms with E-state index < -0.39 is 0 Å². The van der Waals surface area contributed by atoms with Gasteiger partial charge in [0.15, 0.2) is 0 Å². The largest absolute Gasteiger partial charge is 0.647 e. The molecule has 2 rings (SSSR count). The standard InChI is InChI=1S/C10H8O.Al.2H/c11-10-7-3-5-8-4-1-2-6-9(8)10;;;/h1-7,11H;;;/q;+1;;/p-1. The summed E-state index contributed by atoms with van der Waals surface area (Å²) >= 11 is 0.746. The Kier molecular flexibility index (Phi) is 2.04. The summed E-state index contributed by atoms with van der Waals surface area (Å²) in [5.74, 6) is 1.000. The van der Waals surface area contributed by atoms with Gasteiger partial charge in [-0.15, -0.1) is 0 Å². The molecule has 2 aromatic carbocycles. The van der Waals surface area contributed by atoms with Crippen LogP contribution >= 0.6 is 0 Å². The van der Waals surface area contributed by atoms with Gasteiger partial charge in [0.2, 0.25) is 0 Å². The predicted octanol–water partition coefficient (Wildman–Crippen LogP) is 1.77. The SMILES string of the molecule is [AlH2][O]c1cccc2ccccc12. The van der Waals surface area contributed by atoms with Crippen LogP contribution in [0.15, 0.2) is 42.5 Å². The van der Waals surface area contributed by atoms with Gasteiger partial charge in [-0.1, -0.05) is 36.4 Å². The molecule has 0 aliphatic heterocycles. The van der Waals surface area contributed by atoms with E-state index in [-0.39, 0.29) is 0 Å². The summed E-state index contributed by atoms with van der Waals surface area (Å²) < 4.78 is 5.37. The first-order valence-corrected chi connectivity index (χ1v) is 4.75. The van der Waals surface area contributed by atoms with E-state index >= 15 is 0 Å². The van der Waals surface area contributed by atoms with Gasteiger partial charge < -0.3 is 3.79 Å². The Morgan fingerprint density at radius 3 is 2.50 bits per heavy atom. The van der Waals surface area contributed by atoms with Crippen LogP contribution in [-0.2, 0) is 0 Å². The van der Waals surface area contributed by atoms with Crippen molar-refractivity contribution in [3.05, 3.63) is 42.5 Å². The number of fused-ring (bicyclic) bond motifs is 1. The highest BCUT2D eigenvalue weighted by Crippen LogP contribution is 2.23. The summed E-state index contributed by atoms with van der Waals surface area (Å²) in [6.45, 7) is 0. The fourth-order valence-corrected chi connectivity index (χ4v) is 1.73. The molecule has 0 heterocycles. The Labute approximate surface area is 79.7 Å². The van der Waals surface area contributed by atoms with Crippen LogP contribution in [0.1, 0.15) is 0 Å². The van der Waals surface area contributed by atoms with E-state index in [0.29, 0.717) is 0 Å². The molecule has 0 radical (unpaired) electrons. The van der Waals surface area contributed by atoms with Gasteiger partial charge in [0, 0.05) is 5.39 Å². The van der Waals surface area contributed by atoms with Crippen molar-refractivity contribution in [3.63, 3.8) is 0 Å². The van der Waals surface area contributed by atoms with Gasteiger partial charge >= 0.3 is 16.6 Å². The molecular formula is C10H9AlO. The molecule has 2 aromatic rings. The quantitative estimate of drug-likeness (QED) is 0.595. The van der Waals surface area contributed by atoms with Crippen LogP contribution in [0, 0.1) is 0 Å². The molecule has 0 amide bonds. The Bertz CT molecular complexity index is 392. The fourth-order valence-electron chi connectivity index (χ4n) is 1.37. The second-order valence-corrected chi connectivity index (χ2v) is 3.09. The summed E-state index contributed by atoms with van der Waals surface area (Å²) in [5, 5.41) is 2.45. The third-order valence-corrected chi connectivity index (χ3v) is 2.41. The molecular weight excluding hydrogens is 163 g/mol. The Morgan fingerprint density at radius 2 is 1.67 bits per heavy atom. The smallest absolute Gasteiger partial charge is 0.496 e. The Hall–Kier alpha value is -0.968. The summed E-state index contributed by atoms with van der Waals surface area (Å²) in [5.41, 5.74) is 0. The highest BCUT2D eigenvalue weighted by molar-refractivity contribution is 6.02. The maximum Gasteiger partial charge on any atom is 0.496 e. The van der Waals surface area contributed by atoms with Crippen LogP contribution in [0.2, 0.25) is 0 Å². The number of hydrogen-bond acceptors (Lipinski definition) is 1. The molecule has 0 saturated carbocycles. The van der Waals surface area contributed by atoms with Crippen LogP contribution < -0.4 is 3.79 Å². The minimum absolute atomic E-state index is 0.746. The first-order chi connectivity index (χ1) is 5.92. The van der Waals surface area contributed by atoms with E-state index in [4.69, 9.17) is 3.79 Å². The van der Waals surface area contributed by atoms with Crippen LogP contribution in [0.5, 0.6) is 5.75 Å². The van der Waals surface area contributed by atoms with Crippen molar-refractivity contribution in [2.24, 2.45) is 0 Å². The molecule has 0 aliphatic carbocycles. The molecule has 0 saturated heterocycles. The highest BCUT2D eigenvalue weighted by atomic mass is 27.1. The molecule has 0 aromatic heterocycles. The monoisotopic (exact) mass is 172 g/mol. The molecule has 0 aliphatic rings. The highest BCUT2D eigenvalue weighted by Gasteiger charge is 1.96. The van der Waals surface area contributed by atoms with E-state index in [1.54, 1.807) is 0 Å². The van der Waals surface area contributed by atoms with Crippen molar-refractivity contribution in [3.8, 4) is 5.75 Å². The van der Waals surface area contributed by atoms with Gasteiger partial charge in [-0.3, -0.25) is 0 Å². The van der Waals surface area contributed by atoms with Crippen LogP contribution in [0.4, 0.5) is 0 Å². The van der Waals surface area contributed by atoms with Crippen molar-refractivity contribution < 1.29 is 3.79 Å². The molecule has 0 unspecified atom stereocenters. The molecule has 0 N–H and O–H groups in total. The maximum absolute atomic E-state index is 5.37. The minimum atomic E-state index is 0.746. The fraction of sp³-hybridized carbons (Fsp3) is 0. The van der Waals surface area contributed by atoms with E-state index in [1.807, 2.05) is 24.3 Å². The number of rotatable bonds is 1. The molecule has 0 atom stereocenters. The summed E-state index contributed by atoms with van der Waals surface area (Å²) in [7, 11) is 0. The van der Waals surface area contributed by atoms with Gasteiger partial charge in [-0.05, 0) is 11.5 Å². The Balaban J connectivity index is 2.79. The average Bonchev–Trinajstić information content (AvgIpc) is 2.17. The molecule has 0 bridgehead atoms. The van der Waals surface area contributed by atoms with Crippen LogP contribution in [-0.4, -0.2) is 16.6 Å². The number of benzene rings is 2. The molecule has 12 heavy (non-hydrogen) atoms. The second kappa shape index (κ2) is 3.18. The van der Waals surface area contributed by atoms with Gasteiger partial charge in [-0.2, -0.15) is 0 Å². The zero-order chi connectivity index (χ0) is 8.39. The third kappa shape index (κ3) is 1.20. The molecule has 0 spiro atoms. The van der Waals surface area contributed by atoms with Gasteiger partial charge in [-0.25, -0.2) is 0 Å². The van der Waals surface area contributed by atoms with E-state index in [2.05, 4.69) is 18.2 Å². The zero-order valence-electron chi connectivity index (χ0n) is 6.95. The van der Waals surface area contributed by atoms with Gasteiger partial charge in [0.25, 0.3) is 0 Å². The Morgan fingerprint density at radius 1 is 0.917 bits per heavy atom. The van der Waals surface area contributed by atoms with Crippen molar-refractivity contribution in [1.82, 2.24) is 0 Å². The zero-order valence-corrected chi connectivity index (χ0v) is 8.95. The third-order valence-electron chi connectivity index (χ3n) is 1.97. The minimum Gasteiger partial charge on any atom is -0.647 e. The van der Waals surface area contributed by atoms with Gasteiger partial charge in [0.1, 0.15) is 0 Å². The predicted molar refractivity (Wildman–Crippen MR) is 53.1 cm³/mol. The summed E-state index contributed by atoms with van der Waals surface area (Å²) in [6, 6.07) is 14.4. The van der Waals surface area contributed by atoms with E-state index in [9.17, 15) is 0 Å².